The van der Waals surface area contributed by atoms with E-state index in [-0.39, 0.29) is 11.7 Å². The van der Waals surface area contributed by atoms with Crippen molar-refractivity contribution >= 4 is 17.0 Å². The Morgan fingerprint density at radius 2 is 1.88 bits per heavy atom. The molecule has 0 radical (unpaired) electrons. The number of hydrogen-bond donors (Lipinski definition) is 1. The van der Waals surface area contributed by atoms with Crippen LogP contribution in [-0.2, 0) is 0 Å². The normalized spacial score (nSPS) is 12.5. The van der Waals surface area contributed by atoms with E-state index in [2.05, 4.69) is 10.3 Å². The minimum atomic E-state index is -1.46. The molecule has 0 aliphatic heterocycles. The number of thiazole rings is 1. The van der Waals surface area contributed by atoms with Crippen LogP contribution in [0, 0.1) is 17.5 Å². The predicted molar refractivity (Wildman–Crippen MR) is 60.5 cm³/mol. The quantitative estimate of drug-likeness (QED) is 0.848. The molecule has 0 spiro atoms. The first-order valence-electron chi connectivity index (χ1n) is 4.88. The third-order valence-electron chi connectivity index (χ3n) is 2.19. The second kappa shape index (κ2) is 4.75. The van der Waals surface area contributed by atoms with Gasteiger partial charge in [-0.05, 0) is 6.92 Å². The Bertz CT molecular complexity index is 490. The fourth-order valence-corrected chi connectivity index (χ4v) is 2.04. The maximum atomic E-state index is 13.0. The van der Waals surface area contributed by atoms with Crippen LogP contribution in [-0.4, -0.2) is 4.98 Å². The van der Waals surface area contributed by atoms with E-state index < -0.39 is 17.5 Å². The van der Waals surface area contributed by atoms with Crippen LogP contribution in [0.15, 0.2) is 23.7 Å². The van der Waals surface area contributed by atoms with Gasteiger partial charge in [0.2, 0.25) is 0 Å². The summed E-state index contributed by atoms with van der Waals surface area (Å²) in [5.41, 5.74) is 0.184. The SMILES string of the molecule is CC(Nc1cc(F)c(F)c(F)c1)c1nccs1. The molecule has 1 N–H and O–H groups in total. The van der Waals surface area contributed by atoms with Crippen LogP contribution in [0.5, 0.6) is 0 Å². The monoisotopic (exact) mass is 258 g/mol. The second-order valence-electron chi connectivity index (χ2n) is 3.49. The summed E-state index contributed by atoms with van der Waals surface area (Å²) in [4.78, 5) is 4.07. The molecule has 0 aliphatic carbocycles. The van der Waals surface area contributed by atoms with E-state index in [4.69, 9.17) is 0 Å². The molecule has 90 valence electrons. The van der Waals surface area contributed by atoms with Crippen molar-refractivity contribution in [3.05, 3.63) is 46.2 Å². The average molecular weight is 258 g/mol. The van der Waals surface area contributed by atoms with Crippen molar-refractivity contribution in [2.75, 3.05) is 5.32 Å². The Balaban J connectivity index is 2.19. The second-order valence-corrected chi connectivity index (χ2v) is 4.42. The molecule has 0 fully saturated rings. The van der Waals surface area contributed by atoms with E-state index in [0.717, 1.165) is 17.1 Å². The first kappa shape index (κ1) is 11.9. The molecule has 6 heteroatoms. The number of halogens is 3. The molecule has 1 aromatic heterocycles. The molecule has 2 nitrogen and oxygen atoms in total. The van der Waals surface area contributed by atoms with E-state index >= 15 is 0 Å². The van der Waals surface area contributed by atoms with Gasteiger partial charge in [-0.25, -0.2) is 18.2 Å². The number of hydrogen-bond acceptors (Lipinski definition) is 3. The molecule has 0 amide bonds. The summed E-state index contributed by atoms with van der Waals surface area (Å²) in [6.45, 7) is 1.80. The van der Waals surface area contributed by atoms with Gasteiger partial charge in [-0.1, -0.05) is 0 Å². The van der Waals surface area contributed by atoms with Crippen LogP contribution >= 0.6 is 11.3 Å². The maximum Gasteiger partial charge on any atom is 0.194 e. The summed E-state index contributed by atoms with van der Waals surface area (Å²) in [5.74, 6) is -3.88. The molecular formula is C11H9F3N2S. The van der Waals surface area contributed by atoms with E-state index in [1.54, 1.807) is 18.5 Å². The van der Waals surface area contributed by atoms with Gasteiger partial charge in [-0.3, -0.25) is 0 Å². The summed E-state index contributed by atoms with van der Waals surface area (Å²) in [5, 5.41) is 5.45. The molecule has 0 bridgehead atoms. The highest BCUT2D eigenvalue weighted by molar-refractivity contribution is 7.09. The highest BCUT2D eigenvalue weighted by atomic mass is 32.1. The Labute approximate surface area is 100 Å². The first-order valence-corrected chi connectivity index (χ1v) is 5.76. The van der Waals surface area contributed by atoms with Crippen molar-refractivity contribution in [2.24, 2.45) is 0 Å². The van der Waals surface area contributed by atoms with E-state index in [1.165, 1.54) is 11.3 Å². The molecule has 0 saturated heterocycles. The van der Waals surface area contributed by atoms with Gasteiger partial charge in [-0.2, -0.15) is 0 Å². The number of rotatable bonds is 3. The number of nitrogens with zero attached hydrogens (tertiary/aromatic N) is 1. The van der Waals surface area contributed by atoms with Crippen molar-refractivity contribution in [1.29, 1.82) is 0 Å². The van der Waals surface area contributed by atoms with E-state index in [0.29, 0.717) is 0 Å². The summed E-state index contributed by atoms with van der Waals surface area (Å²) >= 11 is 1.43. The lowest BCUT2D eigenvalue weighted by molar-refractivity contribution is 0.447. The molecular weight excluding hydrogens is 249 g/mol. The minimum Gasteiger partial charge on any atom is -0.376 e. The smallest absolute Gasteiger partial charge is 0.194 e. The van der Waals surface area contributed by atoms with Crippen LogP contribution in [0.25, 0.3) is 0 Å². The molecule has 2 rings (SSSR count). The standard InChI is InChI=1S/C11H9F3N2S/c1-6(11-15-2-3-17-11)16-7-4-8(12)10(14)9(13)5-7/h2-6,16H,1H3. The largest absolute Gasteiger partial charge is 0.376 e. The molecule has 0 saturated carbocycles. The van der Waals surface area contributed by atoms with E-state index in [1.807, 2.05) is 0 Å². The predicted octanol–water partition coefficient (Wildman–Crippen LogP) is 3.73. The highest BCUT2D eigenvalue weighted by Gasteiger charge is 2.13. The topological polar surface area (TPSA) is 24.9 Å². The molecule has 1 unspecified atom stereocenters. The number of benzene rings is 1. The zero-order chi connectivity index (χ0) is 12.4. The van der Waals surface area contributed by atoms with Crippen molar-refractivity contribution in [3.63, 3.8) is 0 Å². The minimum absolute atomic E-state index is 0.184. The van der Waals surface area contributed by atoms with Crippen LogP contribution < -0.4 is 5.32 Å². The third kappa shape index (κ3) is 2.58. The molecule has 0 aliphatic rings. The lowest BCUT2D eigenvalue weighted by Gasteiger charge is -2.13. The van der Waals surface area contributed by atoms with Crippen LogP contribution in [0.2, 0.25) is 0 Å². The zero-order valence-electron chi connectivity index (χ0n) is 8.88. The van der Waals surface area contributed by atoms with Gasteiger partial charge in [0.25, 0.3) is 0 Å². The number of nitrogens with one attached hydrogen (secondary N) is 1. The van der Waals surface area contributed by atoms with Crippen molar-refractivity contribution in [3.8, 4) is 0 Å². The van der Waals surface area contributed by atoms with Crippen LogP contribution in [0.4, 0.5) is 18.9 Å². The molecule has 2 aromatic rings. The third-order valence-corrected chi connectivity index (χ3v) is 3.15. The van der Waals surface area contributed by atoms with Gasteiger partial charge >= 0.3 is 0 Å². The van der Waals surface area contributed by atoms with Crippen LogP contribution in [0.1, 0.15) is 18.0 Å². The van der Waals surface area contributed by atoms with E-state index in [9.17, 15) is 13.2 Å². The van der Waals surface area contributed by atoms with Crippen LogP contribution in [0.3, 0.4) is 0 Å². The van der Waals surface area contributed by atoms with Gasteiger partial charge in [0.1, 0.15) is 5.01 Å². The van der Waals surface area contributed by atoms with Crippen molar-refractivity contribution in [2.45, 2.75) is 13.0 Å². The zero-order valence-corrected chi connectivity index (χ0v) is 9.69. The lowest BCUT2D eigenvalue weighted by Crippen LogP contribution is -2.07. The first-order chi connectivity index (χ1) is 8.08. The van der Waals surface area contributed by atoms with Gasteiger partial charge in [0.05, 0.1) is 6.04 Å². The van der Waals surface area contributed by atoms with Gasteiger partial charge in [0.15, 0.2) is 17.5 Å². The molecule has 1 atom stereocenters. The number of anilines is 1. The van der Waals surface area contributed by atoms with Crippen molar-refractivity contribution in [1.82, 2.24) is 4.98 Å². The number of aromatic nitrogens is 1. The Morgan fingerprint density at radius 3 is 2.41 bits per heavy atom. The van der Waals surface area contributed by atoms with Gasteiger partial charge in [-0.15, -0.1) is 11.3 Å². The Hall–Kier alpha value is -1.56. The Morgan fingerprint density at radius 1 is 1.24 bits per heavy atom. The fraction of sp³-hybridized carbons (Fsp3) is 0.182. The summed E-state index contributed by atoms with van der Waals surface area (Å²) in [7, 11) is 0. The van der Waals surface area contributed by atoms with Gasteiger partial charge in [0, 0.05) is 29.4 Å². The van der Waals surface area contributed by atoms with Crippen molar-refractivity contribution < 1.29 is 13.2 Å². The summed E-state index contributed by atoms with van der Waals surface area (Å²) in [6.07, 6.45) is 1.64. The summed E-state index contributed by atoms with van der Waals surface area (Å²) in [6, 6.07) is 1.64. The molecule has 17 heavy (non-hydrogen) atoms. The fourth-order valence-electron chi connectivity index (χ4n) is 1.40. The highest BCUT2D eigenvalue weighted by Crippen LogP contribution is 2.23. The lowest BCUT2D eigenvalue weighted by atomic mass is 10.2. The maximum absolute atomic E-state index is 13.0. The average Bonchev–Trinajstić information content (AvgIpc) is 2.79. The Kier molecular flexibility index (Phi) is 3.33. The summed E-state index contributed by atoms with van der Waals surface area (Å²) < 4.78 is 38.7. The molecule has 1 aromatic carbocycles. The van der Waals surface area contributed by atoms with Gasteiger partial charge < -0.3 is 5.32 Å². The molecule has 1 heterocycles.